The lowest BCUT2D eigenvalue weighted by Crippen LogP contribution is -2.15. The zero-order valence-electron chi connectivity index (χ0n) is 11.8. The maximum atomic E-state index is 12.4. The first kappa shape index (κ1) is 14.4. The molecule has 4 nitrogen and oxygen atoms in total. The average molecular weight is 290 g/mol. The first-order chi connectivity index (χ1) is 9.31. The minimum Gasteiger partial charge on any atom is -0.397 e. The molecule has 0 saturated carbocycles. The molecule has 2 aromatic rings. The molecule has 20 heavy (non-hydrogen) atoms. The van der Waals surface area contributed by atoms with Gasteiger partial charge in [0.05, 0.1) is 16.3 Å². The summed E-state index contributed by atoms with van der Waals surface area (Å²) in [5, 5.41) is 0. The van der Waals surface area contributed by atoms with Crippen molar-refractivity contribution in [2.75, 3.05) is 10.5 Å². The molecule has 2 aromatic carbocycles. The van der Waals surface area contributed by atoms with Gasteiger partial charge in [-0.05, 0) is 55.7 Å². The van der Waals surface area contributed by atoms with Gasteiger partial charge in [-0.15, -0.1) is 0 Å². The number of sulfonamides is 1. The second kappa shape index (κ2) is 5.17. The summed E-state index contributed by atoms with van der Waals surface area (Å²) in [6, 6.07) is 10.3. The quantitative estimate of drug-likeness (QED) is 0.854. The topological polar surface area (TPSA) is 72.2 Å². The molecule has 0 atom stereocenters. The Morgan fingerprint density at radius 1 is 0.950 bits per heavy atom. The standard InChI is InChI=1S/C15H18N2O2S/c1-10-7-8-13(9-12(10)3)20(18,19)17-15-11(2)5-4-6-14(15)16/h4-9,17H,16H2,1-3H3. The number of benzene rings is 2. The van der Waals surface area contributed by atoms with Crippen molar-refractivity contribution in [1.82, 2.24) is 0 Å². The van der Waals surface area contributed by atoms with Gasteiger partial charge in [0.1, 0.15) is 0 Å². The summed E-state index contributed by atoms with van der Waals surface area (Å²) in [6.45, 7) is 5.64. The molecule has 0 unspecified atom stereocenters. The van der Waals surface area contributed by atoms with Gasteiger partial charge in [-0.3, -0.25) is 4.72 Å². The SMILES string of the molecule is Cc1ccc(S(=O)(=O)Nc2c(C)cccc2N)cc1C. The second-order valence-electron chi connectivity index (χ2n) is 4.89. The second-order valence-corrected chi connectivity index (χ2v) is 6.57. The summed E-state index contributed by atoms with van der Waals surface area (Å²) < 4.78 is 27.4. The normalized spacial score (nSPS) is 11.3. The number of nitrogens with two attached hydrogens (primary N) is 1. The number of nitrogens with one attached hydrogen (secondary N) is 1. The van der Waals surface area contributed by atoms with Crippen molar-refractivity contribution in [1.29, 1.82) is 0 Å². The molecule has 0 aliphatic carbocycles. The van der Waals surface area contributed by atoms with Crippen molar-refractivity contribution in [2.24, 2.45) is 0 Å². The number of hydrogen-bond donors (Lipinski definition) is 2. The molecule has 0 spiro atoms. The van der Waals surface area contributed by atoms with Crippen LogP contribution in [0.15, 0.2) is 41.3 Å². The largest absolute Gasteiger partial charge is 0.397 e. The molecule has 0 heterocycles. The van der Waals surface area contributed by atoms with E-state index in [9.17, 15) is 8.42 Å². The van der Waals surface area contributed by atoms with Crippen LogP contribution in [0.3, 0.4) is 0 Å². The number of nitrogen functional groups attached to an aromatic ring is 1. The highest BCUT2D eigenvalue weighted by molar-refractivity contribution is 7.92. The van der Waals surface area contributed by atoms with Gasteiger partial charge < -0.3 is 5.73 Å². The van der Waals surface area contributed by atoms with Gasteiger partial charge >= 0.3 is 0 Å². The Morgan fingerprint density at radius 3 is 2.25 bits per heavy atom. The third-order valence-electron chi connectivity index (χ3n) is 3.33. The molecule has 0 aliphatic heterocycles. The summed E-state index contributed by atoms with van der Waals surface area (Å²) in [7, 11) is -3.63. The van der Waals surface area contributed by atoms with E-state index < -0.39 is 10.0 Å². The summed E-state index contributed by atoms with van der Waals surface area (Å²) in [5.74, 6) is 0. The van der Waals surface area contributed by atoms with Crippen LogP contribution in [0, 0.1) is 20.8 Å². The molecule has 0 radical (unpaired) electrons. The molecule has 0 aliphatic rings. The fourth-order valence-corrected chi connectivity index (χ4v) is 3.15. The zero-order chi connectivity index (χ0) is 14.9. The maximum Gasteiger partial charge on any atom is 0.261 e. The van der Waals surface area contributed by atoms with Gasteiger partial charge in [-0.1, -0.05) is 18.2 Å². The third-order valence-corrected chi connectivity index (χ3v) is 4.68. The molecule has 5 heteroatoms. The Kier molecular flexibility index (Phi) is 3.72. The van der Waals surface area contributed by atoms with Crippen LogP contribution in [0.2, 0.25) is 0 Å². The van der Waals surface area contributed by atoms with E-state index in [2.05, 4.69) is 4.72 Å². The predicted octanol–water partition coefficient (Wildman–Crippen LogP) is 2.99. The Hall–Kier alpha value is -2.01. The van der Waals surface area contributed by atoms with Crippen molar-refractivity contribution >= 4 is 21.4 Å². The van der Waals surface area contributed by atoms with Crippen molar-refractivity contribution in [2.45, 2.75) is 25.7 Å². The summed E-state index contributed by atoms with van der Waals surface area (Å²) in [5.41, 5.74) is 9.46. The lowest BCUT2D eigenvalue weighted by Gasteiger charge is -2.13. The van der Waals surface area contributed by atoms with Crippen LogP contribution in [-0.4, -0.2) is 8.42 Å². The minimum atomic E-state index is -3.63. The van der Waals surface area contributed by atoms with Crippen molar-refractivity contribution in [3.63, 3.8) is 0 Å². The van der Waals surface area contributed by atoms with Crippen molar-refractivity contribution in [3.05, 3.63) is 53.1 Å². The van der Waals surface area contributed by atoms with E-state index in [-0.39, 0.29) is 4.90 Å². The Morgan fingerprint density at radius 2 is 1.65 bits per heavy atom. The molecule has 3 N–H and O–H groups in total. The number of anilines is 2. The Balaban J connectivity index is 2.43. The summed E-state index contributed by atoms with van der Waals surface area (Å²) in [6.07, 6.45) is 0. The maximum absolute atomic E-state index is 12.4. The van der Waals surface area contributed by atoms with E-state index in [1.807, 2.05) is 26.8 Å². The number of para-hydroxylation sites is 1. The summed E-state index contributed by atoms with van der Waals surface area (Å²) in [4.78, 5) is 0.239. The number of hydrogen-bond acceptors (Lipinski definition) is 3. The molecule has 0 saturated heterocycles. The number of rotatable bonds is 3. The zero-order valence-corrected chi connectivity index (χ0v) is 12.6. The fraction of sp³-hybridized carbons (Fsp3) is 0.200. The molecule has 0 fully saturated rings. The predicted molar refractivity (Wildman–Crippen MR) is 82.3 cm³/mol. The average Bonchev–Trinajstić information content (AvgIpc) is 2.37. The lowest BCUT2D eigenvalue weighted by molar-refractivity contribution is 0.601. The van der Waals surface area contributed by atoms with E-state index >= 15 is 0 Å². The van der Waals surface area contributed by atoms with Crippen LogP contribution < -0.4 is 10.5 Å². The van der Waals surface area contributed by atoms with Gasteiger partial charge in [0.25, 0.3) is 10.0 Å². The van der Waals surface area contributed by atoms with E-state index in [0.29, 0.717) is 11.4 Å². The van der Waals surface area contributed by atoms with Gasteiger partial charge in [0.15, 0.2) is 0 Å². The van der Waals surface area contributed by atoms with Gasteiger partial charge in [-0.25, -0.2) is 8.42 Å². The fourth-order valence-electron chi connectivity index (χ4n) is 1.90. The van der Waals surface area contributed by atoms with Crippen LogP contribution in [0.1, 0.15) is 16.7 Å². The highest BCUT2D eigenvalue weighted by atomic mass is 32.2. The smallest absolute Gasteiger partial charge is 0.261 e. The highest BCUT2D eigenvalue weighted by Crippen LogP contribution is 2.26. The van der Waals surface area contributed by atoms with Crippen molar-refractivity contribution < 1.29 is 8.42 Å². The van der Waals surface area contributed by atoms with Crippen LogP contribution in [-0.2, 0) is 10.0 Å². The summed E-state index contributed by atoms with van der Waals surface area (Å²) >= 11 is 0. The molecule has 0 amide bonds. The first-order valence-corrected chi connectivity index (χ1v) is 7.75. The monoisotopic (exact) mass is 290 g/mol. The van der Waals surface area contributed by atoms with E-state index in [0.717, 1.165) is 16.7 Å². The van der Waals surface area contributed by atoms with Crippen LogP contribution >= 0.6 is 0 Å². The Bertz CT molecular complexity index is 732. The molecule has 2 rings (SSSR count). The third kappa shape index (κ3) is 2.77. The van der Waals surface area contributed by atoms with Crippen LogP contribution in [0.4, 0.5) is 11.4 Å². The molecular formula is C15H18N2O2S. The van der Waals surface area contributed by atoms with Crippen LogP contribution in [0.25, 0.3) is 0 Å². The minimum absolute atomic E-state index is 0.239. The molecular weight excluding hydrogens is 272 g/mol. The van der Waals surface area contributed by atoms with Crippen LogP contribution in [0.5, 0.6) is 0 Å². The lowest BCUT2D eigenvalue weighted by atomic mass is 10.1. The Labute approximate surface area is 119 Å². The van der Waals surface area contributed by atoms with E-state index in [4.69, 9.17) is 5.73 Å². The molecule has 106 valence electrons. The van der Waals surface area contributed by atoms with E-state index in [1.165, 1.54) is 0 Å². The van der Waals surface area contributed by atoms with Crippen molar-refractivity contribution in [3.8, 4) is 0 Å². The van der Waals surface area contributed by atoms with Gasteiger partial charge in [0, 0.05) is 0 Å². The van der Waals surface area contributed by atoms with Gasteiger partial charge in [0.2, 0.25) is 0 Å². The molecule has 0 bridgehead atoms. The first-order valence-electron chi connectivity index (χ1n) is 6.26. The molecule has 0 aromatic heterocycles. The van der Waals surface area contributed by atoms with Gasteiger partial charge in [-0.2, -0.15) is 0 Å². The van der Waals surface area contributed by atoms with E-state index in [1.54, 1.807) is 30.3 Å². The highest BCUT2D eigenvalue weighted by Gasteiger charge is 2.17. The number of aryl methyl sites for hydroxylation is 3.